The SMILES string of the molecule is CCCOC(=O)c1ccc(NC(=O)COC(=O)CCC(=O)c2cccs2)cc1. The molecule has 1 aromatic carbocycles. The number of nitrogens with one attached hydrogen (secondary N) is 1. The molecule has 148 valence electrons. The molecule has 2 aromatic rings. The highest BCUT2D eigenvalue weighted by molar-refractivity contribution is 7.12. The van der Waals surface area contributed by atoms with Crippen molar-refractivity contribution in [1.82, 2.24) is 0 Å². The Balaban J connectivity index is 1.70. The third-order valence-electron chi connectivity index (χ3n) is 3.56. The van der Waals surface area contributed by atoms with Gasteiger partial charge in [0.05, 0.1) is 23.5 Å². The average Bonchev–Trinajstić information content (AvgIpc) is 3.24. The highest BCUT2D eigenvalue weighted by atomic mass is 32.1. The Kier molecular flexibility index (Phi) is 8.36. The van der Waals surface area contributed by atoms with E-state index in [2.05, 4.69) is 5.32 Å². The lowest BCUT2D eigenvalue weighted by Crippen LogP contribution is -2.21. The number of Topliss-reactive ketones (excluding diaryl/α,β-unsaturated/α-hetero) is 1. The molecule has 0 unspecified atom stereocenters. The van der Waals surface area contributed by atoms with Gasteiger partial charge in [-0.05, 0) is 42.1 Å². The number of carbonyl (C=O) groups is 4. The molecule has 28 heavy (non-hydrogen) atoms. The maximum Gasteiger partial charge on any atom is 0.338 e. The first kappa shape index (κ1) is 21.3. The fourth-order valence-electron chi connectivity index (χ4n) is 2.16. The molecular weight excluding hydrogens is 382 g/mol. The fraction of sp³-hybridized carbons (Fsp3) is 0.300. The standard InChI is InChI=1S/C20H21NO6S/c1-2-11-26-20(25)14-5-7-15(8-6-14)21-18(23)13-27-19(24)10-9-16(22)17-4-3-12-28-17/h3-8,12H,2,9-11,13H2,1H3,(H,21,23). The van der Waals surface area contributed by atoms with E-state index in [0.29, 0.717) is 22.7 Å². The molecule has 8 heteroatoms. The number of ether oxygens (including phenoxy) is 2. The molecule has 0 saturated heterocycles. The molecule has 0 bridgehead atoms. The van der Waals surface area contributed by atoms with Crippen LogP contribution in [0.15, 0.2) is 41.8 Å². The van der Waals surface area contributed by atoms with Crippen molar-refractivity contribution in [1.29, 1.82) is 0 Å². The smallest absolute Gasteiger partial charge is 0.338 e. The van der Waals surface area contributed by atoms with Crippen LogP contribution in [0.5, 0.6) is 0 Å². The molecule has 0 radical (unpaired) electrons. The van der Waals surface area contributed by atoms with Crippen LogP contribution in [0, 0.1) is 0 Å². The average molecular weight is 403 g/mol. The number of ketones is 1. The van der Waals surface area contributed by atoms with E-state index in [0.717, 1.165) is 6.42 Å². The van der Waals surface area contributed by atoms with Crippen LogP contribution in [0.2, 0.25) is 0 Å². The molecule has 0 aliphatic rings. The van der Waals surface area contributed by atoms with Gasteiger partial charge in [-0.3, -0.25) is 14.4 Å². The lowest BCUT2D eigenvalue weighted by atomic mass is 10.2. The molecule has 0 saturated carbocycles. The summed E-state index contributed by atoms with van der Waals surface area (Å²) in [6, 6.07) is 9.65. The van der Waals surface area contributed by atoms with Crippen molar-refractivity contribution < 1.29 is 28.7 Å². The highest BCUT2D eigenvalue weighted by Crippen LogP contribution is 2.13. The Morgan fingerprint density at radius 2 is 1.75 bits per heavy atom. The molecule has 2 rings (SSSR count). The van der Waals surface area contributed by atoms with Gasteiger partial charge in [-0.25, -0.2) is 4.79 Å². The predicted molar refractivity (Wildman–Crippen MR) is 104 cm³/mol. The minimum Gasteiger partial charge on any atom is -0.462 e. The number of amides is 1. The first-order chi connectivity index (χ1) is 13.5. The summed E-state index contributed by atoms with van der Waals surface area (Å²) >= 11 is 1.31. The Bertz CT molecular complexity index is 814. The monoisotopic (exact) mass is 403 g/mol. The van der Waals surface area contributed by atoms with E-state index >= 15 is 0 Å². The quantitative estimate of drug-likeness (QED) is 0.482. The van der Waals surface area contributed by atoms with Crippen molar-refractivity contribution >= 4 is 40.7 Å². The minimum absolute atomic E-state index is 0.0383. The van der Waals surface area contributed by atoms with Gasteiger partial charge in [0.1, 0.15) is 0 Å². The lowest BCUT2D eigenvalue weighted by Gasteiger charge is -2.07. The van der Waals surface area contributed by atoms with Crippen molar-refractivity contribution in [3.8, 4) is 0 Å². The molecule has 0 aliphatic carbocycles. The second kappa shape index (κ2) is 11.0. The van der Waals surface area contributed by atoms with Crippen molar-refractivity contribution in [2.45, 2.75) is 26.2 Å². The van der Waals surface area contributed by atoms with E-state index in [1.54, 1.807) is 29.6 Å². The van der Waals surface area contributed by atoms with Gasteiger partial charge in [0.15, 0.2) is 12.4 Å². The van der Waals surface area contributed by atoms with Crippen LogP contribution in [-0.2, 0) is 19.1 Å². The van der Waals surface area contributed by atoms with E-state index in [9.17, 15) is 19.2 Å². The van der Waals surface area contributed by atoms with Crippen molar-refractivity contribution in [2.75, 3.05) is 18.5 Å². The van der Waals surface area contributed by atoms with Gasteiger partial charge in [0.25, 0.3) is 5.91 Å². The second-order valence-corrected chi connectivity index (χ2v) is 6.77. The Labute approximate surface area is 166 Å². The van der Waals surface area contributed by atoms with E-state index in [-0.39, 0.29) is 18.6 Å². The van der Waals surface area contributed by atoms with Crippen molar-refractivity contribution in [3.63, 3.8) is 0 Å². The molecule has 1 amide bonds. The third-order valence-corrected chi connectivity index (χ3v) is 4.47. The second-order valence-electron chi connectivity index (χ2n) is 5.82. The van der Waals surface area contributed by atoms with Gasteiger partial charge in [0.2, 0.25) is 0 Å². The third kappa shape index (κ3) is 6.96. The van der Waals surface area contributed by atoms with Gasteiger partial charge in [-0.15, -0.1) is 11.3 Å². The Morgan fingerprint density at radius 3 is 2.39 bits per heavy atom. The van der Waals surface area contributed by atoms with Gasteiger partial charge >= 0.3 is 11.9 Å². The van der Waals surface area contributed by atoms with Crippen LogP contribution < -0.4 is 5.32 Å². The van der Waals surface area contributed by atoms with Crippen LogP contribution in [-0.4, -0.2) is 36.8 Å². The maximum absolute atomic E-state index is 11.9. The molecule has 0 spiro atoms. The van der Waals surface area contributed by atoms with Gasteiger partial charge in [0, 0.05) is 12.1 Å². The fourth-order valence-corrected chi connectivity index (χ4v) is 2.85. The summed E-state index contributed by atoms with van der Waals surface area (Å²) in [7, 11) is 0. The number of carbonyl (C=O) groups excluding carboxylic acids is 4. The molecule has 0 aliphatic heterocycles. The molecule has 0 fully saturated rings. The summed E-state index contributed by atoms with van der Waals surface area (Å²) < 4.78 is 9.90. The van der Waals surface area contributed by atoms with Gasteiger partial charge < -0.3 is 14.8 Å². The number of hydrogen-bond donors (Lipinski definition) is 1. The number of thiophene rings is 1. The first-order valence-electron chi connectivity index (χ1n) is 8.79. The number of esters is 2. The highest BCUT2D eigenvalue weighted by Gasteiger charge is 2.13. The largest absolute Gasteiger partial charge is 0.462 e. The van der Waals surface area contributed by atoms with Crippen molar-refractivity contribution in [2.24, 2.45) is 0 Å². The van der Waals surface area contributed by atoms with Crippen LogP contribution in [0.25, 0.3) is 0 Å². The Morgan fingerprint density at radius 1 is 1.00 bits per heavy atom. The molecule has 7 nitrogen and oxygen atoms in total. The summed E-state index contributed by atoms with van der Waals surface area (Å²) in [5.41, 5.74) is 0.842. The first-order valence-corrected chi connectivity index (χ1v) is 9.67. The van der Waals surface area contributed by atoms with Crippen LogP contribution in [0.3, 0.4) is 0 Å². The van der Waals surface area contributed by atoms with Gasteiger partial charge in [-0.2, -0.15) is 0 Å². The molecule has 1 N–H and O–H groups in total. The van der Waals surface area contributed by atoms with E-state index in [1.807, 2.05) is 6.92 Å². The Hall–Kier alpha value is -3.00. The zero-order chi connectivity index (χ0) is 20.4. The maximum atomic E-state index is 11.9. The predicted octanol–water partition coefficient (Wildman–Crippen LogP) is 3.46. The molecule has 1 heterocycles. The number of rotatable bonds is 10. The summed E-state index contributed by atoms with van der Waals surface area (Å²) in [6.45, 7) is 1.80. The number of benzene rings is 1. The van der Waals surface area contributed by atoms with Crippen LogP contribution >= 0.6 is 11.3 Å². The zero-order valence-electron chi connectivity index (χ0n) is 15.4. The number of anilines is 1. The van der Waals surface area contributed by atoms with Gasteiger partial charge in [-0.1, -0.05) is 13.0 Å². The van der Waals surface area contributed by atoms with E-state index in [1.165, 1.54) is 23.5 Å². The normalized spacial score (nSPS) is 10.2. The lowest BCUT2D eigenvalue weighted by molar-refractivity contribution is -0.147. The topological polar surface area (TPSA) is 98.8 Å². The van der Waals surface area contributed by atoms with E-state index < -0.39 is 24.5 Å². The molecular formula is C20H21NO6S. The zero-order valence-corrected chi connectivity index (χ0v) is 16.3. The van der Waals surface area contributed by atoms with E-state index in [4.69, 9.17) is 9.47 Å². The van der Waals surface area contributed by atoms with Crippen LogP contribution in [0.1, 0.15) is 46.2 Å². The van der Waals surface area contributed by atoms with Crippen molar-refractivity contribution in [3.05, 3.63) is 52.2 Å². The summed E-state index contributed by atoms with van der Waals surface area (Å²) in [5, 5.41) is 4.35. The summed E-state index contributed by atoms with van der Waals surface area (Å²) in [6.07, 6.45) is 0.690. The molecule has 0 atom stereocenters. The summed E-state index contributed by atoms with van der Waals surface area (Å²) in [5.74, 6) is -1.69. The minimum atomic E-state index is -0.617. The number of hydrogen-bond acceptors (Lipinski definition) is 7. The summed E-state index contributed by atoms with van der Waals surface area (Å²) in [4.78, 5) is 47.6. The van der Waals surface area contributed by atoms with Crippen LogP contribution in [0.4, 0.5) is 5.69 Å². The molecule has 1 aromatic heterocycles.